The van der Waals surface area contributed by atoms with Gasteiger partial charge in [0.25, 0.3) is 0 Å². The number of para-hydroxylation sites is 1. The van der Waals surface area contributed by atoms with Crippen molar-refractivity contribution in [2.45, 2.75) is 58.6 Å². The van der Waals surface area contributed by atoms with Crippen molar-refractivity contribution in [2.75, 3.05) is 19.6 Å². The molecular weight excluding hydrogens is 448 g/mol. The second-order valence-electron chi connectivity index (χ2n) is 9.36. The fourth-order valence-electron chi connectivity index (χ4n) is 4.89. The van der Waals surface area contributed by atoms with Gasteiger partial charge < -0.3 is 19.9 Å². The molecule has 2 aromatic carbocycles. The smallest absolute Gasteiger partial charge is 0.217 e. The predicted octanol–water partition coefficient (Wildman–Crippen LogP) is 5.33. The van der Waals surface area contributed by atoms with Crippen LogP contribution in [0.25, 0.3) is 11.0 Å². The first-order chi connectivity index (χ1) is 16.5. The molecule has 1 fully saturated rings. The molecule has 7 heteroatoms. The van der Waals surface area contributed by atoms with E-state index in [1.165, 1.54) is 30.3 Å². The van der Waals surface area contributed by atoms with Crippen LogP contribution in [-0.2, 0) is 17.9 Å². The Bertz CT molecular complexity index is 1090. The number of carbonyl (C=O) groups excluding carboxylic acids is 1. The summed E-state index contributed by atoms with van der Waals surface area (Å²) in [6.45, 7) is 6.71. The highest BCUT2D eigenvalue weighted by Crippen LogP contribution is 2.25. The van der Waals surface area contributed by atoms with Crippen molar-refractivity contribution in [3.63, 3.8) is 0 Å². The first-order valence-corrected chi connectivity index (χ1v) is 12.7. The zero-order chi connectivity index (χ0) is 23.9. The van der Waals surface area contributed by atoms with E-state index in [0.29, 0.717) is 18.1 Å². The molecule has 0 spiro atoms. The first-order valence-electron chi connectivity index (χ1n) is 12.3. The summed E-state index contributed by atoms with van der Waals surface area (Å²) in [5.74, 6) is 2.32. The minimum absolute atomic E-state index is 0.199. The number of carbonyl (C=O) groups is 1. The maximum atomic E-state index is 10.9. The highest BCUT2D eigenvalue weighted by Gasteiger charge is 2.19. The summed E-state index contributed by atoms with van der Waals surface area (Å²) in [5, 5.41) is 0.701. The molecule has 0 aliphatic carbocycles. The van der Waals surface area contributed by atoms with Crippen molar-refractivity contribution < 1.29 is 9.53 Å². The van der Waals surface area contributed by atoms with Gasteiger partial charge in [0.2, 0.25) is 5.91 Å². The van der Waals surface area contributed by atoms with Gasteiger partial charge in [-0.25, -0.2) is 4.98 Å². The third kappa shape index (κ3) is 6.51. The highest BCUT2D eigenvalue weighted by molar-refractivity contribution is 6.30. The normalized spacial score (nSPS) is 15.1. The van der Waals surface area contributed by atoms with E-state index in [1.807, 2.05) is 24.3 Å². The van der Waals surface area contributed by atoms with Crippen LogP contribution in [0.15, 0.2) is 42.5 Å². The van der Waals surface area contributed by atoms with E-state index in [2.05, 4.69) is 34.6 Å². The van der Waals surface area contributed by atoms with Crippen LogP contribution in [-0.4, -0.2) is 40.0 Å². The summed E-state index contributed by atoms with van der Waals surface area (Å²) in [7, 11) is 0. The first kappa shape index (κ1) is 24.6. The van der Waals surface area contributed by atoms with E-state index in [9.17, 15) is 4.79 Å². The van der Waals surface area contributed by atoms with E-state index in [-0.39, 0.29) is 5.91 Å². The Kier molecular flexibility index (Phi) is 8.46. The molecule has 0 radical (unpaired) electrons. The van der Waals surface area contributed by atoms with Crippen LogP contribution in [0.5, 0.6) is 5.75 Å². The average Bonchev–Trinajstić information content (AvgIpc) is 3.18. The summed E-state index contributed by atoms with van der Waals surface area (Å²) < 4.78 is 8.37. The zero-order valence-corrected chi connectivity index (χ0v) is 20.8. The van der Waals surface area contributed by atoms with Gasteiger partial charge >= 0.3 is 0 Å². The number of imidazole rings is 1. The molecule has 1 aliphatic heterocycles. The number of halogens is 1. The van der Waals surface area contributed by atoms with Crippen LogP contribution < -0.4 is 10.5 Å². The molecule has 182 valence electrons. The van der Waals surface area contributed by atoms with Gasteiger partial charge in [-0.1, -0.05) is 23.7 Å². The van der Waals surface area contributed by atoms with Crippen molar-refractivity contribution in [1.29, 1.82) is 0 Å². The number of rotatable bonds is 11. The molecule has 0 saturated carbocycles. The van der Waals surface area contributed by atoms with E-state index in [0.717, 1.165) is 62.0 Å². The number of nitrogens with zero attached hydrogens (tertiary/aromatic N) is 3. The summed E-state index contributed by atoms with van der Waals surface area (Å²) in [5.41, 5.74) is 8.68. The molecule has 0 bridgehead atoms. The number of primary amides is 1. The molecule has 3 aromatic rings. The summed E-state index contributed by atoms with van der Waals surface area (Å²) in [6, 6.07) is 13.8. The molecule has 2 N–H and O–H groups in total. The van der Waals surface area contributed by atoms with Gasteiger partial charge in [0.15, 0.2) is 0 Å². The maximum absolute atomic E-state index is 10.9. The minimum Gasteiger partial charge on any atom is -0.486 e. The molecule has 1 aromatic heterocycles. The lowest BCUT2D eigenvalue weighted by molar-refractivity contribution is -0.118. The average molecular weight is 483 g/mol. The molecular formula is C27H35ClN4O2. The third-order valence-corrected chi connectivity index (χ3v) is 7.09. The van der Waals surface area contributed by atoms with Crippen molar-refractivity contribution in [2.24, 2.45) is 11.7 Å². The van der Waals surface area contributed by atoms with E-state index < -0.39 is 0 Å². The number of hydrogen-bond donors (Lipinski definition) is 1. The van der Waals surface area contributed by atoms with Crippen molar-refractivity contribution in [3.05, 3.63) is 58.9 Å². The molecule has 4 rings (SSSR count). The number of fused-ring (bicyclic) bond motifs is 1. The van der Waals surface area contributed by atoms with Crippen molar-refractivity contribution in [1.82, 2.24) is 14.5 Å². The predicted molar refractivity (Wildman–Crippen MR) is 137 cm³/mol. The van der Waals surface area contributed by atoms with Gasteiger partial charge in [0.1, 0.15) is 18.2 Å². The molecule has 34 heavy (non-hydrogen) atoms. The Hall–Kier alpha value is -2.57. The largest absolute Gasteiger partial charge is 0.486 e. The number of nitrogens with two attached hydrogens (primary N) is 1. The van der Waals surface area contributed by atoms with E-state index in [4.69, 9.17) is 27.1 Å². The van der Waals surface area contributed by atoms with Gasteiger partial charge in [-0.15, -0.1) is 0 Å². The minimum atomic E-state index is -0.199. The Morgan fingerprint density at radius 2 is 1.88 bits per heavy atom. The topological polar surface area (TPSA) is 73.4 Å². The number of aromatic nitrogens is 2. The Balaban J connectivity index is 1.33. The number of benzene rings is 2. The van der Waals surface area contributed by atoms with Crippen LogP contribution in [0, 0.1) is 12.8 Å². The summed E-state index contributed by atoms with van der Waals surface area (Å²) in [6.07, 6.45) is 6.16. The van der Waals surface area contributed by atoms with Crippen molar-refractivity contribution in [3.8, 4) is 5.75 Å². The summed E-state index contributed by atoms with van der Waals surface area (Å²) in [4.78, 5) is 18.3. The number of likely N-dealkylation sites (tertiary alicyclic amines) is 1. The van der Waals surface area contributed by atoms with Crippen LogP contribution in [0.1, 0.15) is 49.9 Å². The molecule has 1 amide bonds. The molecule has 1 aliphatic rings. The van der Waals surface area contributed by atoms with Gasteiger partial charge in [-0.05, 0) is 100 Å². The Morgan fingerprint density at radius 3 is 2.62 bits per heavy atom. The maximum Gasteiger partial charge on any atom is 0.217 e. The second-order valence-corrected chi connectivity index (χ2v) is 9.80. The van der Waals surface area contributed by atoms with Crippen LogP contribution in [0.4, 0.5) is 0 Å². The zero-order valence-electron chi connectivity index (χ0n) is 20.0. The fourth-order valence-corrected chi connectivity index (χ4v) is 5.01. The quantitative estimate of drug-likeness (QED) is 0.400. The van der Waals surface area contributed by atoms with Crippen LogP contribution in [0.3, 0.4) is 0 Å². The number of hydrogen-bond acceptors (Lipinski definition) is 4. The molecule has 2 heterocycles. The third-order valence-electron chi connectivity index (χ3n) is 6.84. The second kappa shape index (κ2) is 11.7. The lowest BCUT2D eigenvalue weighted by atomic mass is 9.92. The Labute approximate surface area is 207 Å². The monoisotopic (exact) mass is 482 g/mol. The highest BCUT2D eigenvalue weighted by atomic mass is 35.5. The molecule has 0 unspecified atom stereocenters. The van der Waals surface area contributed by atoms with E-state index in [1.54, 1.807) is 0 Å². The van der Waals surface area contributed by atoms with Gasteiger partial charge in [-0.2, -0.15) is 0 Å². The lowest BCUT2D eigenvalue weighted by Gasteiger charge is -2.32. The molecule has 0 atom stereocenters. The van der Waals surface area contributed by atoms with E-state index >= 15 is 0 Å². The van der Waals surface area contributed by atoms with Gasteiger partial charge in [0, 0.05) is 18.0 Å². The number of piperidine rings is 1. The summed E-state index contributed by atoms with van der Waals surface area (Å²) >= 11 is 6.00. The molecule has 1 saturated heterocycles. The van der Waals surface area contributed by atoms with Crippen molar-refractivity contribution >= 4 is 28.5 Å². The van der Waals surface area contributed by atoms with Crippen LogP contribution >= 0.6 is 11.6 Å². The van der Waals surface area contributed by atoms with Gasteiger partial charge in [0.05, 0.1) is 11.0 Å². The molecule has 6 nitrogen and oxygen atoms in total. The standard InChI is InChI=1S/C27H35ClN4O2/c1-20-5-2-7-24-27(20)30-26(19-34-23-11-9-22(28)10-12-23)32(24)16-3-6-21-13-17-31(18-14-21)15-4-8-25(29)33/h2,5,7,9-12,21H,3-4,6,8,13-19H2,1H3,(H2,29,33). The number of amides is 1. The SMILES string of the molecule is Cc1cccc2c1nc(COc1ccc(Cl)cc1)n2CCCC1CCN(CCCC(N)=O)CC1. The van der Waals surface area contributed by atoms with Gasteiger partial charge in [-0.3, -0.25) is 4.79 Å². The Morgan fingerprint density at radius 1 is 1.12 bits per heavy atom. The fraction of sp³-hybridized carbons (Fsp3) is 0.481. The lowest BCUT2D eigenvalue weighted by Crippen LogP contribution is -2.34. The number of aryl methyl sites for hydroxylation is 2. The number of ether oxygens (including phenoxy) is 1. The van der Waals surface area contributed by atoms with Crippen LogP contribution in [0.2, 0.25) is 5.02 Å².